The molecular formula is C58H64O15S2. The van der Waals surface area contributed by atoms with Crippen LogP contribution < -0.4 is 0 Å². The van der Waals surface area contributed by atoms with Gasteiger partial charge in [0.1, 0.15) is 36.6 Å². The van der Waals surface area contributed by atoms with Gasteiger partial charge in [0.15, 0.2) is 18.2 Å². The molecular weight excluding hydrogens is 1000 g/mol. The number of ether oxygens (including phenoxy) is 6. The number of carbonyl (C=O) groups excluding carboxylic acids is 2. The van der Waals surface area contributed by atoms with Crippen molar-refractivity contribution in [3.8, 4) is 20.9 Å². The average Bonchev–Trinajstić information content (AvgIpc) is 4.18. The van der Waals surface area contributed by atoms with E-state index in [2.05, 4.69) is 25.1 Å². The van der Waals surface area contributed by atoms with Gasteiger partial charge in [0.05, 0.1) is 17.2 Å². The van der Waals surface area contributed by atoms with Gasteiger partial charge in [0, 0.05) is 59.2 Å². The minimum Gasteiger partial charge on any atom is -0.478 e. The number of esters is 2. The van der Waals surface area contributed by atoms with E-state index in [1.807, 2.05) is 87.5 Å². The normalized spacial score (nSPS) is 23.9. The second kappa shape index (κ2) is 24.3. The maximum atomic E-state index is 12.0. The molecule has 3 aliphatic rings. The molecule has 75 heavy (non-hydrogen) atoms. The summed E-state index contributed by atoms with van der Waals surface area (Å²) in [5.74, 6) is -3.76. The highest BCUT2D eigenvalue weighted by Crippen LogP contribution is 2.43. The van der Waals surface area contributed by atoms with E-state index >= 15 is 0 Å². The van der Waals surface area contributed by atoms with Crippen molar-refractivity contribution >= 4 is 46.6 Å². The molecule has 0 spiro atoms. The Hall–Kier alpha value is -6.12. The lowest BCUT2D eigenvalue weighted by Gasteiger charge is -2.43. The zero-order valence-electron chi connectivity index (χ0n) is 43.2. The van der Waals surface area contributed by atoms with E-state index in [0.717, 1.165) is 65.6 Å². The van der Waals surface area contributed by atoms with E-state index in [0.29, 0.717) is 18.4 Å². The Morgan fingerprint density at radius 2 is 1.15 bits per heavy atom. The van der Waals surface area contributed by atoms with E-state index in [1.54, 1.807) is 60.8 Å². The minimum atomic E-state index is -1.03. The number of aliphatic hydroxyl groups excluding tert-OH is 3. The molecule has 398 valence electrons. The van der Waals surface area contributed by atoms with Gasteiger partial charge in [-0.3, -0.25) is 9.59 Å². The van der Waals surface area contributed by atoms with Crippen LogP contribution in [0.15, 0.2) is 109 Å². The maximum Gasteiger partial charge on any atom is 0.335 e. The molecule has 6 aromatic rings. The molecule has 2 aromatic heterocycles. The molecule has 3 aliphatic heterocycles. The van der Waals surface area contributed by atoms with Gasteiger partial charge in [-0.15, -0.1) is 22.7 Å². The van der Waals surface area contributed by atoms with Gasteiger partial charge in [-0.2, -0.15) is 0 Å². The van der Waals surface area contributed by atoms with Crippen molar-refractivity contribution in [1.82, 2.24) is 0 Å². The van der Waals surface area contributed by atoms with Gasteiger partial charge in [0.25, 0.3) is 0 Å². The van der Waals surface area contributed by atoms with Crippen molar-refractivity contribution in [3.63, 3.8) is 0 Å². The Balaban J connectivity index is 0.000000212. The van der Waals surface area contributed by atoms with Gasteiger partial charge in [-0.05, 0) is 128 Å². The fraction of sp³-hybridized carbons (Fsp3) is 0.379. The van der Waals surface area contributed by atoms with Gasteiger partial charge >= 0.3 is 23.9 Å². The molecule has 17 heteroatoms. The number of hydrogen-bond acceptors (Lipinski definition) is 15. The van der Waals surface area contributed by atoms with Crippen molar-refractivity contribution in [2.24, 2.45) is 5.92 Å². The maximum absolute atomic E-state index is 12.0. The van der Waals surface area contributed by atoms with Crippen molar-refractivity contribution in [3.05, 3.63) is 163 Å². The van der Waals surface area contributed by atoms with Crippen LogP contribution in [0.4, 0.5) is 0 Å². The average molecular weight is 1070 g/mol. The molecule has 2 unspecified atom stereocenters. The molecule has 15 nitrogen and oxygen atoms in total. The first kappa shape index (κ1) is 56.6. The van der Waals surface area contributed by atoms with Crippen LogP contribution in [0.1, 0.15) is 118 Å². The molecule has 9 rings (SSSR count). The number of carbonyl (C=O) groups is 4. The van der Waals surface area contributed by atoms with E-state index in [4.69, 9.17) is 43.7 Å². The largest absolute Gasteiger partial charge is 0.478 e. The van der Waals surface area contributed by atoms with Crippen molar-refractivity contribution in [2.75, 3.05) is 7.11 Å². The first-order valence-corrected chi connectivity index (χ1v) is 26.1. The summed E-state index contributed by atoms with van der Waals surface area (Å²) >= 11 is 3.30. The zero-order chi connectivity index (χ0) is 54.5. The summed E-state index contributed by atoms with van der Waals surface area (Å²) in [5.41, 5.74) is 8.37. The Morgan fingerprint density at radius 1 is 0.653 bits per heavy atom. The van der Waals surface area contributed by atoms with Crippen LogP contribution in [0.2, 0.25) is 0 Å². The highest BCUT2D eigenvalue weighted by Gasteiger charge is 2.56. The molecule has 0 saturated carbocycles. The first-order chi connectivity index (χ1) is 35.6. The Labute approximate surface area is 444 Å². The highest BCUT2D eigenvalue weighted by atomic mass is 32.1. The third-order valence-corrected chi connectivity index (χ3v) is 15.8. The van der Waals surface area contributed by atoms with Gasteiger partial charge < -0.3 is 54.0 Å². The van der Waals surface area contributed by atoms with Crippen LogP contribution in [0.5, 0.6) is 0 Å². The van der Waals surface area contributed by atoms with E-state index in [1.165, 1.54) is 13.8 Å². The fourth-order valence-corrected chi connectivity index (χ4v) is 11.5. The summed E-state index contributed by atoms with van der Waals surface area (Å²) in [5, 5.41) is 47.0. The van der Waals surface area contributed by atoms with Crippen LogP contribution in [-0.4, -0.2) is 105 Å². The van der Waals surface area contributed by atoms with Crippen LogP contribution in [-0.2, 0) is 50.9 Å². The van der Waals surface area contributed by atoms with Crippen LogP contribution >= 0.6 is 22.7 Å². The fourth-order valence-electron chi connectivity index (χ4n) is 9.40. The number of aliphatic hydroxyl groups is 3. The lowest BCUT2D eigenvalue weighted by atomic mass is 9.85. The molecule has 0 aliphatic carbocycles. The molecule has 4 aromatic carbocycles. The monoisotopic (exact) mass is 1060 g/mol. The molecule has 5 heterocycles. The van der Waals surface area contributed by atoms with Crippen LogP contribution in [0.3, 0.4) is 0 Å². The molecule has 5 N–H and O–H groups in total. The SMILES string of the molecule is CC(=O)O[C@H]1[C@H](C)[C@@H](C)OC(c2ccc(C)c(Cc3ccc(-c4ccc(C(=O)O)cc4)s3)c2)[C@@H]1OC(C)=O.CO.Cc1ccc(C(O)[C@@H]2O[C@H]3OC(C)(C)O[C@H]3[C@@H]2O)cc1Cc1ccc(-c2ccc(C(=O)O)cc2)s1. The number of thiophene rings is 2. The molecule has 3 fully saturated rings. The quantitative estimate of drug-likeness (QED) is 0.0679. The number of carboxylic acid groups (broad SMARTS) is 2. The third-order valence-electron chi connectivity index (χ3n) is 13.5. The summed E-state index contributed by atoms with van der Waals surface area (Å²) in [4.78, 5) is 50.5. The Morgan fingerprint density at radius 3 is 1.64 bits per heavy atom. The minimum absolute atomic E-state index is 0.154. The predicted octanol–water partition coefficient (Wildman–Crippen LogP) is 9.86. The van der Waals surface area contributed by atoms with E-state index in [-0.39, 0.29) is 23.1 Å². The summed E-state index contributed by atoms with van der Waals surface area (Å²) in [6.45, 7) is 14.2. The summed E-state index contributed by atoms with van der Waals surface area (Å²) < 4.78 is 34.9. The molecule has 0 amide bonds. The lowest BCUT2D eigenvalue weighted by molar-refractivity contribution is -0.226. The zero-order valence-corrected chi connectivity index (χ0v) is 44.8. The molecule has 0 bridgehead atoms. The molecule has 3 saturated heterocycles. The number of hydrogen-bond donors (Lipinski definition) is 5. The molecule has 0 radical (unpaired) electrons. The van der Waals surface area contributed by atoms with Crippen LogP contribution in [0.25, 0.3) is 20.9 Å². The number of rotatable bonds is 13. The van der Waals surface area contributed by atoms with E-state index < -0.39 is 78.7 Å². The molecule has 10 atom stereocenters. The van der Waals surface area contributed by atoms with Crippen LogP contribution in [0, 0.1) is 19.8 Å². The van der Waals surface area contributed by atoms with Gasteiger partial charge in [0.2, 0.25) is 0 Å². The third kappa shape index (κ3) is 13.5. The number of aromatic carboxylic acids is 2. The number of benzene rings is 4. The summed E-state index contributed by atoms with van der Waals surface area (Å²) in [7, 11) is 1.00. The first-order valence-electron chi connectivity index (χ1n) is 24.5. The standard InChI is InChI=1S/C30H32O7S.C27H28O7S.CH4O/c1-16-6-7-23(28-29(37-20(5)32)27(36-19(4)31)17(2)18(3)35-28)14-24(16)15-25-12-13-26(38-25)21-8-10-22(11-9-21)30(33)34;1-14-4-5-17(21(28)23-22(29)24-26(32-23)34-27(2,3)33-24)12-18(14)13-19-10-11-20(35-19)15-6-8-16(9-7-15)25(30)31;1-2/h6-14,17-18,27-29H,15H2,1-5H3,(H,33,34);4-12,21-24,26,28-29H,13H2,1-3H3,(H,30,31);2H,1H3/t17-,18-,27+,28?,29-;21?,22-,23+,24+,26+;/m11./s1. The smallest absolute Gasteiger partial charge is 0.335 e. The lowest BCUT2D eigenvalue weighted by Crippen LogP contribution is -2.52. The Bertz CT molecular complexity index is 2960. The summed E-state index contributed by atoms with van der Waals surface area (Å²) in [6.07, 6.45) is -5.03. The number of fused-ring (bicyclic) bond motifs is 1. The van der Waals surface area contributed by atoms with Gasteiger partial charge in [-0.25, -0.2) is 9.59 Å². The van der Waals surface area contributed by atoms with Crippen molar-refractivity contribution in [1.29, 1.82) is 0 Å². The number of aryl methyl sites for hydroxylation is 2. The predicted molar refractivity (Wildman–Crippen MR) is 283 cm³/mol. The van der Waals surface area contributed by atoms with Crippen molar-refractivity contribution in [2.45, 2.75) is 129 Å². The second-order valence-electron chi connectivity index (χ2n) is 19.3. The topological polar surface area (TPSA) is 225 Å². The van der Waals surface area contributed by atoms with E-state index in [9.17, 15) is 29.4 Å². The van der Waals surface area contributed by atoms with Gasteiger partial charge in [-0.1, -0.05) is 67.6 Å². The second-order valence-corrected chi connectivity index (χ2v) is 21.6. The summed E-state index contributed by atoms with van der Waals surface area (Å²) in [6, 6.07) is 33.8. The highest BCUT2D eigenvalue weighted by molar-refractivity contribution is 7.15. The number of carboxylic acids is 2. The van der Waals surface area contributed by atoms with Crippen molar-refractivity contribution < 1.29 is 73.1 Å². The Kier molecular flexibility index (Phi) is 18.3.